The van der Waals surface area contributed by atoms with E-state index in [-0.39, 0.29) is 5.69 Å². The van der Waals surface area contributed by atoms with Crippen LogP contribution in [0.4, 0.5) is 36.2 Å². The Bertz CT molecular complexity index is 1030. The van der Waals surface area contributed by atoms with Crippen molar-refractivity contribution in [2.75, 3.05) is 10.6 Å². The fourth-order valence-electron chi connectivity index (χ4n) is 3.22. The summed E-state index contributed by atoms with van der Waals surface area (Å²) in [5, 5.41) is 5.81. The number of hydrogen-bond acceptors (Lipinski definition) is 4. The van der Waals surface area contributed by atoms with Crippen LogP contribution in [0.1, 0.15) is 16.7 Å². The van der Waals surface area contributed by atoms with Crippen molar-refractivity contribution in [1.29, 1.82) is 0 Å². The van der Waals surface area contributed by atoms with E-state index >= 15 is 0 Å². The van der Waals surface area contributed by atoms with Gasteiger partial charge in [-0.3, -0.25) is 0 Å². The van der Waals surface area contributed by atoms with Gasteiger partial charge in [0.25, 0.3) is 0 Å². The number of anilines is 4. The number of fused-ring (bicyclic) bond motifs is 1. The minimum absolute atomic E-state index is 0.113. The third kappa shape index (κ3) is 3.83. The summed E-state index contributed by atoms with van der Waals surface area (Å²) in [6.07, 6.45) is -0.516. The highest BCUT2D eigenvalue weighted by Crippen LogP contribution is 2.37. The molecular weight excluding hydrogens is 365 g/mol. The van der Waals surface area contributed by atoms with Gasteiger partial charge in [0.1, 0.15) is 11.6 Å². The van der Waals surface area contributed by atoms with Crippen LogP contribution in [0.15, 0.2) is 67.0 Å². The third-order valence-electron chi connectivity index (χ3n) is 4.50. The van der Waals surface area contributed by atoms with Gasteiger partial charge in [0.15, 0.2) is 0 Å². The van der Waals surface area contributed by atoms with Crippen molar-refractivity contribution in [3.63, 3.8) is 0 Å². The van der Waals surface area contributed by atoms with Crippen molar-refractivity contribution in [2.45, 2.75) is 19.0 Å². The molecule has 142 valence electrons. The molecule has 0 spiro atoms. The molecule has 0 aliphatic heterocycles. The van der Waals surface area contributed by atoms with Crippen LogP contribution in [-0.4, -0.2) is 9.97 Å². The Morgan fingerprint density at radius 2 is 1.71 bits per heavy atom. The van der Waals surface area contributed by atoms with Gasteiger partial charge in [-0.25, -0.2) is 9.97 Å². The van der Waals surface area contributed by atoms with Crippen LogP contribution in [-0.2, 0) is 19.0 Å². The van der Waals surface area contributed by atoms with Crippen molar-refractivity contribution in [3.8, 4) is 0 Å². The lowest BCUT2D eigenvalue weighted by Gasteiger charge is -2.16. The maximum atomic E-state index is 13.4. The molecule has 1 aromatic carbocycles. The lowest BCUT2D eigenvalue weighted by Crippen LogP contribution is -2.10. The predicted molar refractivity (Wildman–Crippen MR) is 103 cm³/mol. The summed E-state index contributed by atoms with van der Waals surface area (Å²) >= 11 is 0. The van der Waals surface area contributed by atoms with Gasteiger partial charge in [0.05, 0.1) is 11.3 Å². The van der Waals surface area contributed by atoms with E-state index in [0.717, 1.165) is 30.3 Å². The standard InChI is InChI=1S/C21H17F3N4/c1-13-8-14-5-6-16(10-15(14)9-13)27-20-11-18(17(12-26-20)21(22,23)24)28-19-4-2-3-7-25-19/h2-7,10-12H,1,8-9H2,(H2,25,26,27,28). The molecule has 0 saturated carbocycles. The van der Waals surface area contributed by atoms with Crippen LogP contribution in [0.25, 0.3) is 0 Å². The van der Waals surface area contributed by atoms with Crippen LogP contribution < -0.4 is 10.6 Å². The Morgan fingerprint density at radius 1 is 0.893 bits per heavy atom. The SMILES string of the molecule is C=C1Cc2ccc(Nc3cc(Nc4ccccn4)c(C(F)(F)F)cn3)cc2C1. The molecule has 2 heterocycles. The molecule has 2 aromatic heterocycles. The number of benzene rings is 1. The van der Waals surface area contributed by atoms with E-state index in [1.807, 2.05) is 18.2 Å². The molecule has 0 unspecified atom stereocenters. The second kappa shape index (κ2) is 6.99. The molecule has 0 bridgehead atoms. The summed E-state index contributed by atoms with van der Waals surface area (Å²) in [6, 6.07) is 12.2. The Morgan fingerprint density at radius 3 is 2.46 bits per heavy atom. The molecule has 0 atom stereocenters. The molecule has 28 heavy (non-hydrogen) atoms. The monoisotopic (exact) mass is 382 g/mol. The van der Waals surface area contributed by atoms with E-state index in [1.54, 1.807) is 18.2 Å². The fraction of sp³-hybridized carbons (Fsp3) is 0.143. The van der Waals surface area contributed by atoms with Crippen molar-refractivity contribution in [2.24, 2.45) is 0 Å². The van der Waals surface area contributed by atoms with Crippen LogP contribution in [0.5, 0.6) is 0 Å². The zero-order valence-corrected chi connectivity index (χ0v) is 14.8. The van der Waals surface area contributed by atoms with Crippen molar-refractivity contribution < 1.29 is 13.2 Å². The van der Waals surface area contributed by atoms with Gasteiger partial charge in [-0.1, -0.05) is 24.3 Å². The van der Waals surface area contributed by atoms with E-state index in [2.05, 4.69) is 27.2 Å². The lowest BCUT2D eigenvalue weighted by molar-refractivity contribution is -0.137. The van der Waals surface area contributed by atoms with Gasteiger partial charge in [0.2, 0.25) is 0 Å². The largest absolute Gasteiger partial charge is 0.419 e. The van der Waals surface area contributed by atoms with Gasteiger partial charge < -0.3 is 10.6 Å². The zero-order valence-electron chi connectivity index (χ0n) is 14.8. The molecule has 7 heteroatoms. The number of hydrogen-bond donors (Lipinski definition) is 2. The topological polar surface area (TPSA) is 49.8 Å². The first kappa shape index (κ1) is 18.0. The van der Waals surface area contributed by atoms with Gasteiger partial charge in [0, 0.05) is 24.1 Å². The zero-order chi connectivity index (χ0) is 19.7. The van der Waals surface area contributed by atoms with Crippen molar-refractivity contribution in [3.05, 3.63) is 83.7 Å². The molecule has 3 aromatic rings. The van der Waals surface area contributed by atoms with Gasteiger partial charge in [-0.15, -0.1) is 0 Å². The van der Waals surface area contributed by atoms with E-state index in [1.165, 1.54) is 23.4 Å². The van der Waals surface area contributed by atoms with Gasteiger partial charge in [-0.05, 0) is 48.2 Å². The summed E-state index contributed by atoms with van der Waals surface area (Å²) in [6.45, 7) is 4.01. The van der Waals surface area contributed by atoms with E-state index < -0.39 is 11.7 Å². The average molecular weight is 382 g/mol. The van der Waals surface area contributed by atoms with Gasteiger partial charge >= 0.3 is 6.18 Å². The van der Waals surface area contributed by atoms with Crippen molar-refractivity contribution in [1.82, 2.24) is 9.97 Å². The second-order valence-corrected chi connectivity index (χ2v) is 6.66. The Kier molecular flexibility index (Phi) is 4.50. The normalized spacial score (nSPS) is 13.3. The molecule has 0 radical (unpaired) electrons. The molecule has 0 saturated heterocycles. The number of allylic oxidation sites excluding steroid dienone is 1. The van der Waals surface area contributed by atoms with Crippen LogP contribution in [0, 0.1) is 0 Å². The predicted octanol–water partition coefficient (Wildman–Crippen LogP) is 5.64. The number of nitrogens with one attached hydrogen (secondary N) is 2. The van der Waals surface area contributed by atoms with Crippen LogP contribution in [0.2, 0.25) is 0 Å². The first-order chi connectivity index (χ1) is 13.4. The van der Waals surface area contributed by atoms with Crippen LogP contribution in [0.3, 0.4) is 0 Å². The molecular formula is C21H17F3N4. The van der Waals surface area contributed by atoms with E-state index in [4.69, 9.17) is 0 Å². The molecule has 1 aliphatic rings. The average Bonchev–Trinajstić information content (AvgIpc) is 3.01. The highest BCUT2D eigenvalue weighted by Gasteiger charge is 2.34. The number of aromatic nitrogens is 2. The minimum Gasteiger partial charge on any atom is -0.340 e. The number of alkyl halides is 3. The Hall–Kier alpha value is -3.35. The number of rotatable bonds is 4. The molecule has 4 rings (SSSR count). The van der Waals surface area contributed by atoms with Gasteiger partial charge in [-0.2, -0.15) is 13.2 Å². The smallest absolute Gasteiger partial charge is 0.340 e. The number of halogens is 3. The second-order valence-electron chi connectivity index (χ2n) is 6.66. The summed E-state index contributed by atoms with van der Waals surface area (Å²) in [4.78, 5) is 7.97. The molecule has 0 amide bonds. The summed E-state index contributed by atoms with van der Waals surface area (Å²) in [7, 11) is 0. The lowest BCUT2D eigenvalue weighted by atomic mass is 10.1. The highest BCUT2D eigenvalue weighted by atomic mass is 19.4. The third-order valence-corrected chi connectivity index (χ3v) is 4.50. The number of pyridine rings is 2. The maximum Gasteiger partial charge on any atom is 0.419 e. The maximum absolute atomic E-state index is 13.4. The van der Waals surface area contributed by atoms with Crippen LogP contribution >= 0.6 is 0 Å². The Balaban J connectivity index is 1.64. The highest BCUT2D eigenvalue weighted by molar-refractivity contribution is 5.68. The molecule has 1 aliphatic carbocycles. The molecule has 0 fully saturated rings. The first-order valence-corrected chi connectivity index (χ1v) is 8.69. The number of nitrogens with zero attached hydrogens (tertiary/aromatic N) is 2. The first-order valence-electron chi connectivity index (χ1n) is 8.69. The quantitative estimate of drug-likeness (QED) is 0.574. The minimum atomic E-state index is -4.53. The Labute approximate surface area is 160 Å². The fourth-order valence-corrected chi connectivity index (χ4v) is 3.22. The molecule has 4 nitrogen and oxygen atoms in total. The summed E-state index contributed by atoms with van der Waals surface area (Å²) < 4.78 is 40.1. The van der Waals surface area contributed by atoms with Crippen molar-refractivity contribution >= 4 is 23.0 Å². The summed E-state index contributed by atoms with van der Waals surface area (Å²) in [5.74, 6) is 0.629. The van der Waals surface area contributed by atoms with E-state index in [0.29, 0.717) is 11.6 Å². The summed E-state index contributed by atoms with van der Waals surface area (Å²) in [5.41, 5.74) is 3.36. The molecule has 2 N–H and O–H groups in total. The van der Waals surface area contributed by atoms with E-state index in [9.17, 15) is 13.2 Å².